The maximum atomic E-state index is 12.9. The van der Waals surface area contributed by atoms with Gasteiger partial charge in [-0.25, -0.2) is 4.98 Å². The highest BCUT2D eigenvalue weighted by atomic mass is 32.2. The first-order valence-electron chi connectivity index (χ1n) is 8.71. The van der Waals surface area contributed by atoms with Crippen LogP contribution in [0.3, 0.4) is 0 Å². The molecule has 0 saturated carbocycles. The van der Waals surface area contributed by atoms with E-state index in [9.17, 15) is 13.0 Å². The zero-order valence-electron chi connectivity index (χ0n) is 16.4. The van der Waals surface area contributed by atoms with E-state index in [1.165, 1.54) is 25.4 Å². The Kier molecular flexibility index (Phi) is 4.24. The van der Waals surface area contributed by atoms with Crippen LogP contribution in [0.1, 0.15) is 9.81 Å². The first-order chi connectivity index (χ1) is 13.7. The van der Waals surface area contributed by atoms with Gasteiger partial charge in [-0.15, -0.1) is 4.73 Å². The number of rotatable bonds is 7. The molecule has 138 valence electrons. The van der Waals surface area contributed by atoms with Gasteiger partial charge in [0.1, 0.15) is 5.52 Å². The van der Waals surface area contributed by atoms with Crippen molar-refractivity contribution in [3.8, 4) is 11.5 Å². The smallest absolute Gasteiger partial charge is 0.405 e. The first-order valence-corrected chi connectivity index (χ1v) is 8.53. The van der Waals surface area contributed by atoms with Gasteiger partial charge in [-0.2, -0.15) is 8.78 Å². The molecule has 0 aliphatic carbocycles. The number of ether oxygens (including phenoxy) is 2. The predicted octanol–water partition coefficient (Wildman–Crippen LogP) is 2.41. The van der Waals surface area contributed by atoms with Gasteiger partial charge in [-0.3, -0.25) is 9.19 Å². The molecule has 0 spiro atoms. The summed E-state index contributed by atoms with van der Waals surface area (Å²) in [6, 6.07) is 7.59. The summed E-state index contributed by atoms with van der Waals surface area (Å²) in [5.41, 5.74) is 0.634. The van der Waals surface area contributed by atoms with E-state index in [0.717, 1.165) is 0 Å². The lowest BCUT2D eigenvalue weighted by Gasteiger charge is -2.12. The van der Waals surface area contributed by atoms with Gasteiger partial charge in [-0.1, -0.05) is 12.1 Å². The van der Waals surface area contributed by atoms with Gasteiger partial charge in [-0.05, 0) is 12.1 Å². The maximum Gasteiger partial charge on any atom is 0.405 e. The topological polar surface area (TPSA) is 75.5 Å². The fourth-order valence-electron chi connectivity index (χ4n) is 2.37. The third-order valence-electron chi connectivity index (χ3n) is 3.40. The summed E-state index contributed by atoms with van der Waals surface area (Å²) < 4.78 is 71.0. The minimum Gasteiger partial charge on any atom is -0.493 e. The van der Waals surface area contributed by atoms with Crippen molar-refractivity contribution < 1.29 is 31.4 Å². The van der Waals surface area contributed by atoms with Gasteiger partial charge in [0, 0.05) is 12.3 Å². The van der Waals surface area contributed by atoms with Crippen molar-refractivity contribution in [3.63, 3.8) is 0 Å². The van der Waals surface area contributed by atoms with Crippen molar-refractivity contribution in [3.05, 3.63) is 42.2 Å². The van der Waals surface area contributed by atoms with Gasteiger partial charge in [0.05, 0.1) is 46.0 Å². The van der Waals surface area contributed by atoms with Crippen LogP contribution in [-0.4, -0.2) is 39.7 Å². The van der Waals surface area contributed by atoms with Crippen molar-refractivity contribution >= 4 is 21.8 Å². The minimum absolute atomic E-state index is 0.0329. The van der Waals surface area contributed by atoms with Gasteiger partial charge < -0.3 is 14.3 Å². The van der Waals surface area contributed by atoms with E-state index in [1.54, 1.807) is 18.2 Å². The molecule has 0 amide bonds. The Labute approximate surface area is 154 Å². The first kappa shape index (κ1) is 14.4. The zero-order chi connectivity index (χ0) is 21.2. The molecule has 0 fully saturated rings. The quantitative estimate of drug-likeness (QED) is 0.621. The van der Waals surface area contributed by atoms with E-state index in [0.29, 0.717) is 10.2 Å². The molecule has 0 N–H and O–H groups in total. The number of alkyl halides is 2. The third kappa shape index (κ3) is 3.45. The molecule has 26 heavy (non-hydrogen) atoms. The fraction of sp³-hybridized carbons (Fsp3) is 0.250. The molecule has 0 aliphatic rings. The number of pyridine rings is 1. The van der Waals surface area contributed by atoms with Crippen LogP contribution in [0.2, 0.25) is 0 Å². The van der Waals surface area contributed by atoms with Crippen LogP contribution >= 0.6 is 0 Å². The minimum atomic E-state index is -3.16. The van der Waals surface area contributed by atoms with Crippen molar-refractivity contribution in [2.75, 3.05) is 14.1 Å². The SMILES string of the molecule is [2H]C([2H])([2H])Oc1ccnc(CS(=O)c2nc3ccccc3n2OC(F)F)c1OC. The Morgan fingerprint density at radius 3 is 2.85 bits per heavy atom. The Morgan fingerprint density at radius 2 is 2.12 bits per heavy atom. The molecule has 2 heterocycles. The van der Waals surface area contributed by atoms with E-state index in [2.05, 4.69) is 14.8 Å². The zero-order valence-corrected chi connectivity index (χ0v) is 14.2. The summed E-state index contributed by atoms with van der Waals surface area (Å²) in [6.45, 7) is -3.16. The van der Waals surface area contributed by atoms with E-state index in [-0.39, 0.29) is 33.6 Å². The Hall–Kier alpha value is -2.75. The van der Waals surface area contributed by atoms with E-state index in [4.69, 9.17) is 13.6 Å². The number of benzene rings is 1. The van der Waals surface area contributed by atoms with Gasteiger partial charge in [0.25, 0.3) is 0 Å². The molecule has 3 aromatic rings. The molecular formula is C16H15F2N3O4S. The molecule has 10 heteroatoms. The number of methoxy groups -OCH3 is 2. The Balaban J connectivity index is 1.98. The lowest BCUT2D eigenvalue weighted by Crippen LogP contribution is -2.20. The van der Waals surface area contributed by atoms with Crippen LogP contribution in [0.5, 0.6) is 11.5 Å². The fourth-order valence-corrected chi connectivity index (χ4v) is 3.48. The van der Waals surface area contributed by atoms with Gasteiger partial charge in [0.15, 0.2) is 11.5 Å². The molecule has 0 bridgehead atoms. The summed E-state index contributed by atoms with van der Waals surface area (Å²) in [7, 11) is -3.45. The van der Waals surface area contributed by atoms with Gasteiger partial charge >= 0.3 is 6.61 Å². The summed E-state index contributed by atoms with van der Waals surface area (Å²) in [4.78, 5) is 12.6. The van der Waals surface area contributed by atoms with E-state index < -0.39 is 24.4 Å². The summed E-state index contributed by atoms with van der Waals surface area (Å²) >= 11 is 0. The normalized spacial score (nSPS) is 14.5. The van der Waals surface area contributed by atoms with Crippen molar-refractivity contribution in [2.24, 2.45) is 0 Å². The second-order valence-corrected chi connectivity index (χ2v) is 6.27. The van der Waals surface area contributed by atoms with Crippen LogP contribution in [0.25, 0.3) is 11.0 Å². The Bertz CT molecular complexity index is 1050. The lowest BCUT2D eigenvalue weighted by molar-refractivity contribution is -0.136. The summed E-state index contributed by atoms with van der Waals surface area (Å²) in [6.07, 6.45) is 1.26. The highest BCUT2D eigenvalue weighted by molar-refractivity contribution is 7.84. The molecule has 2 aromatic heterocycles. The largest absolute Gasteiger partial charge is 0.493 e. The average Bonchev–Trinajstić information content (AvgIpc) is 2.99. The van der Waals surface area contributed by atoms with Crippen LogP contribution in [0, 0.1) is 0 Å². The molecule has 3 rings (SSSR count). The van der Waals surface area contributed by atoms with Crippen LogP contribution in [0.15, 0.2) is 41.7 Å². The molecule has 1 atom stereocenters. The Morgan fingerprint density at radius 1 is 1.31 bits per heavy atom. The molecule has 7 nitrogen and oxygen atoms in total. The molecular weight excluding hydrogens is 368 g/mol. The van der Waals surface area contributed by atoms with Crippen LogP contribution < -0.4 is 14.3 Å². The van der Waals surface area contributed by atoms with E-state index in [1.807, 2.05) is 0 Å². The molecule has 0 aliphatic heterocycles. The number of hydrogen-bond acceptors (Lipinski definition) is 6. The number of imidazole rings is 1. The monoisotopic (exact) mass is 386 g/mol. The lowest BCUT2D eigenvalue weighted by atomic mass is 10.3. The molecule has 0 saturated heterocycles. The number of halogens is 2. The number of aromatic nitrogens is 3. The van der Waals surface area contributed by atoms with Gasteiger partial charge in [0.2, 0.25) is 5.16 Å². The number of hydrogen-bond donors (Lipinski definition) is 0. The van der Waals surface area contributed by atoms with Crippen molar-refractivity contribution in [1.29, 1.82) is 0 Å². The van der Waals surface area contributed by atoms with Crippen molar-refractivity contribution in [2.45, 2.75) is 17.5 Å². The second-order valence-electron chi connectivity index (χ2n) is 4.92. The standard InChI is InChI=1S/C16H15F2N3O4S/c1-23-13-7-8-19-11(14(13)24-2)9-26(22)16-20-10-5-3-4-6-12(10)21(16)25-15(17)18/h3-8,15H,9H2,1-2H3/i1D3. The molecule has 0 radical (unpaired) electrons. The molecule has 1 unspecified atom stereocenters. The number of nitrogens with zero attached hydrogens (tertiary/aromatic N) is 3. The highest BCUT2D eigenvalue weighted by Crippen LogP contribution is 2.30. The average molecular weight is 386 g/mol. The van der Waals surface area contributed by atoms with Crippen LogP contribution in [-0.2, 0) is 16.6 Å². The van der Waals surface area contributed by atoms with Crippen molar-refractivity contribution in [1.82, 2.24) is 14.7 Å². The molecule has 1 aromatic carbocycles. The number of para-hydroxylation sites is 2. The van der Waals surface area contributed by atoms with E-state index >= 15 is 0 Å². The summed E-state index contributed by atoms with van der Waals surface area (Å²) in [5, 5.41) is -0.252. The second kappa shape index (κ2) is 7.65. The third-order valence-corrected chi connectivity index (χ3v) is 4.60. The highest BCUT2D eigenvalue weighted by Gasteiger charge is 2.23. The van der Waals surface area contributed by atoms with Crippen LogP contribution in [0.4, 0.5) is 8.78 Å². The summed E-state index contributed by atoms with van der Waals surface area (Å²) in [5.74, 6) is -0.460. The maximum absolute atomic E-state index is 12.9. The number of fused-ring (bicyclic) bond motifs is 1. The predicted molar refractivity (Wildman–Crippen MR) is 89.8 cm³/mol.